The molecule has 0 saturated heterocycles. The van der Waals surface area contributed by atoms with Crippen molar-refractivity contribution < 1.29 is 28.8 Å². The number of halogens is 2. The van der Waals surface area contributed by atoms with Crippen LogP contribution in [0, 0.1) is 0 Å². The van der Waals surface area contributed by atoms with Crippen LogP contribution >= 0.6 is 20.2 Å². The summed E-state index contributed by atoms with van der Waals surface area (Å²) in [6.45, 7) is 0. The van der Waals surface area contributed by atoms with Crippen molar-refractivity contribution in [3.63, 3.8) is 0 Å². The van der Waals surface area contributed by atoms with Crippen LogP contribution < -0.4 is 0 Å². The number of phenols is 2. The molecule has 2 heterocycles. The molecule has 5 nitrogen and oxygen atoms in total. The van der Waals surface area contributed by atoms with Crippen molar-refractivity contribution >= 4 is 42.0 Å². The van der Waals surface area contributed by atoms with Crippen LogP contribution in [0.5, 0.6) is 11.5 Å². The van der Waals surface area contributed by atoms with Gasteiger partial charge in [-0.05, 0) is 24.3 Å². The number of para-hydroxylation sites is 2. The zero-order valence-corrected chi connectivity index (χ0v) is 15.7. The first-order valence-electron chi connectivity index (χ1n) is 7.04. The number of nitrogens with zero attached hydrogens (tertiary/aromatic N) is 2. The second kappa shape index (κ2) is 11.5. The Morgan fingerprint density at radius 1 is 0.654 bits per heavy atom. The van der Waals surface area contributed by atoms with E-state index >= 15 is 0 Å². The van der Waals surface area contributed by atoms with Crippen molar-refractivity contribution in [3.05, 3.63) is 73.1 Å². The third-order valence-electron chi connectivity index (χ3n) is 3.22. The Bertz CT molecular complexity index is 869. The molecule has 0 spiro atoms. The molecule has 0 saturated carbocycles. The number of hydrogen-bond donors (Lipinski definition) is 2. The molecule has 0 aliphatic rings. The summed E-state index contributed by atoms with van der Waals surface area (Å²) in [5.74, 6) is 0.478. The Labute approximate surface area is 165 Å². The number of pyridine rings is 2. The van der Waals surface area contributed by atoms with Gasteiger partial charge in [-0.3, -0.25) is 9.97 Å². The number of aromatic hydroxyl groups is 2. The fourth-order valence-electron chi connectivity index (χ4n) is 2.18. The SMILES string of the molecule is O.Oc1cccc2cccnc12.Oc1cccc2cccnc12.[Cl][Cu][Cl]. The summed E-state index contributed by atoms with van der Waals surface area (Å²) < 4.78 is 0. The summed E-state index contributed by atoms with van der Waals surface area (Å²) in [5, 5.41) is 20.5. The number of aromatic nitrogens is 2. The zero-order valence-electron chi connectivity index (χ0n) is 13.3. The normalized spacial score (nSPS) is 9.46. The van der Waals surface area contributed by atoms with Crippen LogP contribution in [-0.2, 0) is 13.1 Å². The third-order valence-corrected chi connectivity index (χ3v) is 3.22. The standard InChI is InChI=1S/2C9H7NO.2ClH.Cu.H2O/c2*11-8-5-1-3-7-4-2-6-10-9(7)8;;;;/h2*1-6,11H;2*1H;;1H2/q;;;;+2;/p-2. The van der Waals surface area contributed by atoms with E-state index in [1.54, 1.807) is 36.7 Å². The number of benzene rings is 2. The fraction of sp³-hybridized carbons (Fsp3) is 0. The van der Waals surface area contributed by atoms with E-state index in [0.717, 1.165) is 23.9 Å². The quantitative estimate of drug-likeness (QED) is 0.393. The average molecular weight is 443 g/mol. The zero-order chi connectivity index (χ0) is 18.1. The van der Waals surface area contributed by atoms with Crippen LogP contribution in [-0.4, -0.2) is 25.7 Å². The third kappa shape index (κ3) is 6.02. The van der Waals surface area contributed by atoms with Gasteiger partial charge < -0.3 is 15.7 Å². The van der Waals surface area contributed by atoms with Crippen LogP contribution in [0.1, 0.15) is 0 Å². The van der Waals surface area contributed by atoms with Gasteiger partial charge in [-0.15, -0.1) is 0 Å². The molecular weight excluding hydrogens is 427 g/mol. The number of phenolic OH excluding ortho intramolecular Hbond substituents is 2. The molecule has 0 amide bonds. The molecule has 2 aromatic heterocycles. The molecule has 0 atom stereocenters. The topological polar surface area (TPSA) is 97.7 Å². The van der Waals surface area contributed by atoms with Crippen molar-refractivity contribution in [3.8, 4) is 11.5 Å². The van der Waals surface area contributed by atoms with Gasteiger partial charge in [-0.1, -0.05) is 36.4 Å². The molecule has 4 N–H and O–H groups in total. The molecule has 8 heteroatoms. The molecule has 0 fully saturated rings. The Hall–Kier alpha value is -2.08. The van der Waals surface area contributed by atoms with Gasteiger partial charge in [-0.2, -0.15) is 0 Å². The van der Waals surface area contributed by atoms with Crippen molar-refractivity contribution in [2.45, 2.75) is 0 Å². The van der Waals surface area contributed by atoms with Crippen LogP contribution in [0.3, 0.4) is 0 Å². The molecule has 0 unspecified atom stereocenters. The molecule has 0 radical (unpaired) electrons. The van der Waals surface area contributed by atoms with Gasteiger partial charge in [0.25, 0.3) is 0 Å². The van der Waals surface area contributed by atoms with E-state index in [0.29, 0.717) is 11.0 Å². The van der Waals surface area contributed by atoms with Crippen LogP contribution in [0.15, 0.2) is 73.1 Å². The second-order valence-corrected chi connectivity index (χ2v) is 6.30. The molecular formula is C18H16Cl2CuN2O3. The molecule has 4 rings (SSSR count). The van der Waals surface area contributed by atoms with Crippen molar-refractivity contribution in [2.24, 2.45) is 0 Å². The predicted octanol–water partition coefficient (Wildman–Crippen LogP) is 4.43. The second-order valence-electron chi connectivity index (χ2n) is 4.75. The van der Waals surface area contributed by atoms with Gasteiger partial charge in [0.05, 0.1) is 0 Å². The number of hydrogen-bond acceptors (Lipinski definition) is 4. The van der Waals surface area contributed by atoms with E-state index in [-0.39, 0.29) is 17.0 Å². The summed E-state index contributed by atoms with van der Waals surface area (Å²) in [7, 11) is 9.34. The van der Waals surface area contributed by atoms with E-state index in [4.69, 9.17) is 0 Å². The fourth-order valence-corrected chi connectivity index (χ4v) is 2.18. The first kappa shape index (κ1) is 22.0. The number of fused-ring (bicyclic) bond motifs is 2. The minimum absolute atomic E-state index is 0. The van der Waals surface area contributed by atoms with E-state index in [1.807, 2.05) is 36.4 Å². The Balaban J connectivity index is 0.000000219. The van der Waals surface area contributed by atoms with Crippen molar-refractivity contribution in [1.29, 1.82) is 0 Å². The first-order chi connectivity index (χ1) is 12.2. The van der Waals surface area contributed by atoms with Crippen LogP contribution in [0.2, 0.25) is 0 Å². The Morgan fingerprint density at radius 3 is 1.35 bits per heavy atom. The minimum atomic E-state index is 0. The summed E-state index contributed by atoms with van der Waals surface area (Å²) in [6.07, 6.45) is 3.34. The molecule has 26 heavy (non-hydrogen) atoms. The maximum atomic E-state index is 9.31. The number of rotatable bonds is 0. The van der Waals surface area contributed by atoms with Crippen LogP contribution in [0.4, 0.5) is 0 Å². The average Bonchev–Trinajstić information content (AvgIpc) is 2.64. The first-order valence-corrected chi connectivity index (χ1v) is 9.63. The maximum absolute atomic E-state index is 9.31. The van der Waals surface area contributed by atoms with E-state index in [2.05, 4.69) is 30.2 Å². The van der Waals surface area contributed by atoms with Crippen molar-refractivity contribution in [2.75, 3.05) is 0 Å². The van der Waals surface area contributed by atoms with E-state index in [9.17, 15) is 10.2 Å². The molecule has 4 aromatic rings. The summed E-state index contributed by atoms with van der Waals surface area (Å²) >= 11 is 0.757. The summed E-state index contributed by atoms with van der Waals surface area (Å²) in [4.78, 5) is 8.06. The van der Waals surface area contributed by atoms with Gasteiger partial charge in [0, 0.05) is 23.2 Å². The summed E-state index contributed by atoms with van der Waals surface area (Å²) in [6, 6.07) is 18.3. The monoisotopic (exact) mass is 441 g/mol. The molecule has 2 aromatic carbocycles. The predicted molar refractivity (Wildman–Crippen MR) is 102 cm³/mol. The van der Waals surface area contributed by atoms with E-state index < -0.39 is 0 Å². The van der Waals surface area contributed by atoms with Gasteiger partial charge in [-0.25, -0.2) is 0 Å². The van der Waals surface area contributed by atoms with Crippen LogP contribution in [0.25, 0.3) is 21.8 Å². The van der Waals surface area contributed by atoms with Crippen molar-refractivity contribution in [1.82, 2.24) is 9.97 Å². The molecule has 0 aliphatic heterocycles. The van der Waals surface area contributed by atoms with E-state index in [1.165, 1.54) is 0 Å². The van der Waals surface area contributed by atoms with Gasteiger partial charge in [0.2, 0.25) is 0 Å². The van der Waals surface area contributed by atoms with Gasteiger partial charge in [0.15, 0.2) is 0 Å². The van der Waals surface area contributed by atoms with Gasteiger partial charge >= 0.3 is 33.3 Å². The molecule has 0 aliphatic carbocycles. The Morgan fingerprint density at radius 2 is 1.00 bits per heavy atom. The molecule has 141 valence electrons. The molecule has 0 bridgehead atoms. The Kier molecular flexibility index (Phi) is 9.73. The van der Waals surface area contributed by atoms with Gasteiger partial charge in [0.1, 0.15) is 22.5 Å². The summed E-state index contributed by atoms with van der Waals surface area (Å²) in [5.41, 5.74) is 1.32.